The highest BCUT2D eigenvalue weighted by Gasteiger charge is 2.20. The molecule has 3 aromatic rings. The van der Waals surface area contributed by atoms with Crippen molar-refractivity contribution in [1.82, 2.24) is 9.78 Å². The number of rotatable bonds is 2. The maximum atomic E-state index is 12.4. The Morgan fingerprint density at radius 1 is 1.16 bits per heavy atom. The lowest BCUT2D eigenvalue weighted by Crippen LogP contribution is -2.05. The van der Waals surface area contributed by atoms with E-state index in [4.69, 9.17) is 0 Å². The van der Waals surface area contributed by atoms with Gasteiger partial charge in [-0.3, -0.25) is 14.9 Å². The number of benzene rings is 2. The molecule has 0 saturated heterocycles. The molecule has 0 saturated carbocycles. The Labute approximate surface area is 152 Å². The number of fused-ring (bicyclic) bond motifs is 1. The van der Waals surface area contributed by atoms with Crippen LogP contribution in [0.5, 0.6) is 5.88 Å². The number of nitrogens with zero attached hydrogens (tertiary/aromatic N) is 2. The number of halogens is 1. The molecular formula is C19H14BrN3O2. The number of aromatic amines is 1. The number of H-pyrrole nitrogens is 1. The highest BCUT2D eigenvalue weighted by Crippen LogP contribution is 2.36. The van der Waals surface area contributed by atoms with E-state index in [9.17, 15) is 9.90 Å². The summed E-state index contributed by atoms with van der Waals surface area (Å²) in [5, 5.41) is 13.2. The standard InChI is InChI=1S/C19H14BrN3O2/c1-11-15(14-4-2-3-5-17(14)21-11)10-16-18(24)22-23(19(16)25)13-8-6-12(20)7-9-13/h2-10,25H,1H3,(H,22,24)/b15-10+. The minimum Gasteiger partial charge on any atom is -0.493 e. The number of hydrogen-bond acceptors (Lipinski definition) is 3. The largest absolute Gasteiger partial charge is 0.493 e. The smallest absolute Gasteiger partial charge is 0.275 e. The van der Waals surface area contributed by atoms with Crippen molar-refractivity contribution >= 4 is 39.0 Å². The zero-order valence-corrected chi connectivity index (χ0v) is 14.9. The summed E-state index contributed by atoms with van der Waals surface area (Å²) >= 11 is 3.37. The quantitative estimate of drug-likeness (QED) is 0.679. The molecule has 2 heterocycles. The summed E-state index contributed by atoms with van der Waals surface area (Å²) in [7, 11) is 0. The third-order valence-corrected chi connectivity index (χ3v) is 4.69. The van der Waals surface area contributed by atoms with Crippen molar-refractivity contribution in [3.8, 4) is 11.6 Å². The van der Waals surface area contributed by atoms with Gasteiger partial charge in [-0.05, 0) is 43.3 Å². The highest BCUT2D eigenvalue weighted by atomic mass is 79.9. The fourth-order valence-electron chi connectivity index (χ4n) is 2.91. The molecule has 4 rings (SSSR count). The number of para-hydroxylation sites is 1. The second kappa shape index (κ2) is 5.89. The van der Waals surface area contributed by atoms with Crippen LogP contribution < -0.4 is 5.56 Å². The lowest BCUT2D eigenvalue weighted by atomic mass is 10.0. The Morgan fingerprint density at radius 3 is 2.64 bits per heavy atom. The highest BCUT2D eigenvalue weighted by molar-refractivity contribution is 9.10. The van der Waals surface area contributed by atoms with Gasteiger partial charge in [0.15, 0.2) is 0 Å². The molecule has 0 bridgehead atoms. The predicted molar refractivity (Wildman–Crippen MR) is 103 cm³/mol. The van der Waals surface area contributed by atoms with Crippen LogP contribution in [0.15, 0.2) is 62.8 Å². The second-order valence-corrected chi connectivity index (χ2v) is 6.68. The van der Waals surface area contributed by atoms with Crippen molar-refractivity contribution in [1.29, 1.82) is 0 Å². The van der Waals surface area contributed by atoms with Crippen molar-refractivity contribution in [2.45, 2.75) is 6.92 Å². The Hall–Kier alpha value is -2.86. The number of nitrogens with one attached hydrogen (secondary N) is 1. The average molecular weight is 396 g/mol. The number of aliphatic imine (C=N–C) groups is 1. The molecule has 2 N–H and O–H groups in total. The zero-order valence-electron chi connectivity index (χ0n) is 13.3. The summed E-state index contributed by atoms with van der Waals surface area (Å²) in [5.74, 6) is -0.128. The van der Waals surface area contributed by atoms with E-state index in [0.29, 0.717) is 5.69 Å². The molecule has 0 amide bonds. The predicted octanol–water partition coefficient (Wildman–Crippen LogP) is 4.28. The van der Waals surface area contributed by atoms with E-state index in [1.807, 2.05) is 43.3 Å². The SMILES string of the molecule is CC1=Nc2ccccc2/C1=C/c1c(O)n(-c2ccc(Br)cc2)[nH]c1=O. The van der Waals surface area contributed by atoms with E-state index < -0.39 is 0 Å². The van der Waals surface area contributed by atoms with Gasteiger partial charge >= 0.3 is 0 Å². The van der Waals surface area contributed by atoms with E-state index in [-0.39, 0.29) is 17.0 Å². The molecule has 0 unspecified atom stereocenters. The normalized spacial score (nSPS) is 14.6. The number of aromatic hydroxyl groups is 1. The van der Waals surface area contributed by atoms with Gasteiger partial charge in [0.25, 0.3) is 5.56 Å². The van der Waals surface area contributed by atoms with Gasteiger partial charge < -0.3 is 5.11 Å². The summed E-state index contributed by atoms with van der Waals surface area (Å²) in [6.45, 7) is 1.89. The molecule has 0 fully saturated rings. The van der Waals surface area contributed by atoms with Crippen molar-refractivity contribution in [2.75, 3.05) is 0 Å². The van der Waals surface area contributed by atoms with Crippen LogP contribution in [0.2, 0.25) is 0 Å². The van der Waals surface area contributed by atoms with E-state index in [1.54, 1.807) is 18.2 Å². The summed E-state index contributed by atoms with van der Waals surface area (Å²) in [4.78, 5) is 16.9. The van der Waals surface area contributed by atoms with Gasteiger partial charge in [0.1, 0.15) is 5.56 Å². The van der Waals surface area contributed by atoms with Gasteiger partial charge in [-0.1, -0.05) is 34.1 Å². The zero-order chi connectivity index (χ0) is 17.6. The first-order valence-electron chi connectivity index (χ1n) is 7.71. The van der Waals surface area contributed by atoms with E-state index in [2.05, 4.69) is 26.0 Å². The molecule has 0 spiro atoms. The molecule has 0 aliphatic carbocycles. The lowest BCUT2D eigenvalue weighted by molar-refractivity contribution is 0.432. The molecule has 124 valence electrons. The minimum atomic E-state index is -0.356. The average Bonchev–Trinajstić information content (AvgIpc) is 3.07. The Balaban J connectivity index is 1.84. The van der Waals surface area contributed by atoms with Gasteiger partial charge in [0.05, 0.1) is 11.4 Å². The van der Waals surface area contributed by atoms with Crippen LogP contribution in [-0.2, 0) is 0 Å². The molecule has 6 heteroatoms. The topological polar surface area (TPSA) is 70.4 Å². The molecule has 5 nitrogen and oxygen atoms in total. The Bertz CT molecular complexity index is 1090. The van der Waals surface area contributed by atoms with E-state index in [1.165, 1.54) is 4.68 Å². The van der Waals surface area contributed by atoms with E-state index in [0.717, 1.165) is 27.0 Å². The maximum Gasteiger partial charge on any atom is 0.275 e. The lowest BCUT2D eigenvalue weighted by Gasteiger charge is -2.04. The van der Waals surface area contributed by atoms with Crippen LogP contribution in [0.4, 0.5) is 5.69 Å². The van der Waals surface area contributed by atoms with Crippen LogP contribution in [0.25, 0.3) is 17.3 Å². The summed E-state index contributed by atoms with van der Waals surface area (Å²) in [6, 6.07) is 15.0. The molecular weight excluding hydrogens is 382 g/mol. The fourth-order valence-corrected chi connectivity index (χ4v) is 3.17. The number of hydrogen-bond donors (Lipinski definition) is 2. The Morgan fingerprint density at radius 2 is 1.88 bits per heavy atom. The van der Waals surface area contributed by atoms with Crippen LogP contribution in [-0.4, -0.2) is 20.6 Å². The molecule has 0 radical (unpaired) electrons. The van der Waals surface area contributed by atoms with Gasteiger partial charge in [-0.25, -0.2) is 4.68 Å². The van der Waals surface area contributed by atoms with Gasteiger partial charge in [0.2, 0.25) is 5.88 Å². The molecule has 1 aromatic heterocycles. The van der Waals surface area contributed by atoms with Crippen LogP contribution in [0, 0.1) is 0 Å². The monoisotopic (exact) mass is 395 g/mol. The van der Waals surface area contributed by atoms with E-state index >= 15 is 0 Å². The first-order chi connectivity index (χ1) is 12.0. The van der Waals surface area contributed by atoms with Crippen molar-refractivity contribution < 1.29 is 5.11 Å². The van der Waals surface area contributed by atoms with Crippen LogP contribution in [0.1, 0.15) is 18.1 Å². The van der Waals surface area contributed by atoms with Gasteiger partial charge in [-0.15, -0.1) is 0 Å². The molecule has 25 heavy (non-hydrogen) atoms. The second-order valence-electron chi connectivity index (χ2n) is 5.76. The maximum absolute atomic E-state index is 12.4. The van der Waals surface area contributed by atoms with Crippen molar-refractivity contribution in [3.05, 3.63) is 74.5 Å². The number of aromatic nitrogens is 2. The fraction of sp³-hybridized carbons (Fsp3) is 0.0526. The van der Waals surface area contributed by atoms with Crippen LogP contribution in [0.3, 0.4) is 0 Å². The van der Waals surface area contributed by atoms with Crippen molar-refractivity contribution in [3.63, 3.8) is 0 Å². The third kappa shape index (κ3) is 2.64. The first kappa shape index (κ1) is 15.7. The van der Waals surface area contributed by atoms with Crippen molar-refractivity contribution in [2.24, 2.45) is 4.99 Å². The molecule has 1 aliphatic heterocycles. The Kier molecular flexibility index (Phi) is 3.69. The molecule has 0 atom stereocenters. The summed E-state index contributed by atoms with van der Waals surface area (Å²) in [6.07, 6.45) is 1.69. The molecule has 2 aromatic carbocycles. The summed E-state index contributed by atoms with van der Waals surface area (Å²) < 4.78 is 2.29. The molecule has 1 aliphatic rings. The number of allylic oxidation sites excluding steroid dienone is 1. The van der Waals surface area contributed by atoms with Crippen LogP contribution >= 0.6 is 15.9 Å². The summed E-state index contributed by atoms with van der Waals surface area (Å²) in [5.41, 5.74) is 4.00. The van der Waals surface area contributed by atoms with Gasteiger partial charge in [0, 0.05) is 21.3 Å². The van der Waals surface area contributed by atoms with Gasteiger partial charge in [-0.2, -0.15) is 0 Å². The minimum absolute atomic E-state index is 0.128. The first-order valence-corrected chi connectivity index (χ1v) is 8.50. The third-order valence-electron chi connectivity index (χ3n) is 4.16.